The number of hydrogen-bond donors (Lipinski definition) is 1. The van der Waals surface area contributed by atoms with Crippen LogP contribution in [0.25, 0.3) is 0 Å². The molecule has 2 aromatic rings. The highest BCUT2D eigenvalue weighted by atomic mass is 19.1. The van der Waals surface area contributed by atoms with Crippen molar-refractivity contribution in [2.45, 2.75) is 19.3 Å². The smallest absolute Gasteiger partial charge is 0.234 e. The molecule has 0 aliphatic carbocycles. The van der Waals surface area contributed by atoms with Crippen molar-refractivity contribution in [1.29, 1.82) is 0 Å². The lowest BCUT2D eigenvalue weighted by molar-refractivity contribution is -0.122. The van der Waals surface area contributed by atoms with Crippen LogP contribution in [0.3, 0.4) is 0 Å². The Bertz CT molecular complexity index is 712. The normalized spacial score (nSPS) is 16.1. The Balaban J connectivity index is 1.42. The summed E-state index contributed by atoms with van der Waals surface area (Å²) in [5, 5.41) is 3.09. The van der Waals surface area contributed by atoms with Crippen LogP contribution in [0.5, 0.6) is 0 Å². The Hall–Kier alpha value is -2.40. The third-order valence-corrected chi connectivity index (χ3v) is 5.24. The van der Waals surface area contributed by atoms with Gasteiger partial charge in [0.15, 0.2) is 0 Å². The van der Waals surface area contributed by atoms with Crippen molar-refractivity contribution in [3.63, 3.8) is 0 Å². The van der Waals surface area contributed by atoms with Gasteiger partial charge in [-0.15, -0.1) is 0 Å². The van der Waals surface area contributed by atoms with Crippen LogP contribution < -0.4 is 10.2 Å². The lowest BCUT2D eigenvalue weighted by atomic mass is 9.96. The largest absolute Gasteiger partial charge is 0.369 e. The third-order valence-electron chi connectivity index (χ3n) is 5.24. The van der Waals surface area contributed by atoms with Crippen LogP contribution in [-0.2, 0) is 4.79 Å². The molecule has 5 heteroatoms. The first-order valence-electron chi connectivity index (χ1n) is 9.70. The minimum Gasteiger partial charge on any atom is -0.369 e. The number of nitrogens with one attached hydrogen (secondary N) is 1. The van der Waals surface area contributed by atoms with Gasteiger partial charge in [-0.05, 0) is 36.2 Å². The monoisotopic (exact) mass is 369 g/mol. The highest BCUT2D eigenvalue weighted by Crippen LogP contribution is 2.18. The van der Waals surface area contributed by atoms with E-state index in [0.29, 0.717) is 19.0 Å². The minimum absolute atomic E-state index is 0.0830. The molecule has 1 aliphatic rings. The van der Waals surface area contributed by atoms with Gasteiger partial charge in [0.05, 0.1) is 6.54 Å². The van der Waals surface area contributed by atoms with E-state index >= 15 is 0 Å². The molecule has 0 radical (unpaired) electrons. The van der Waals surface area contributed by atoms with E-state index in [2.05, 4.69) is 34.2 Å². The maximum atomic E-state index is 13.1. The van der Waals surface area contributed by atoms with E-state index in [-0.39, 0.29) is 11.7 Å². The van der Waals surface area contributed by atoms with Crippen molar-refractivity contribution in [3.05, 3.63) is 66.0 Å². The molecule has 2 aromatic carbocycles. The molecule has 1 N–H and O–H groups in total. The second-order valence-corrected chi connectivity index (χ2v) is 7.06. The second kappa shape index (κ2) is 9.51. The van der Waals surface area contributed by atoms with Crippen molar-refractivity contribution in [2.24, 2.45) is 0 Å². The van der Waals surface area contributed by atoms with Gasteiger partial charge in [0, 0.05) is 44.3 Å². The molecule has 0 saturated carbocycles. The van der Waals surface area contributed by atoms with Crippen molar-refractivity contribution < 1.29 is 9.18 Å². The van der Waals surface area contributed by atoms with Gasteiger partial charge in [-0.1, -0.05) is 37.3 Å². The van der Waals surface area contributed by atoms with E-state index in [1.54, 1.807) is 0 Å². The van der Waals surface area contributed by atoms with Gasteiger partial charge in [0.2, 0.25) is 5.91 Å². The van der Waals surface area contributed by atoms with Crippen LogP contribution in [0.2, 0.25) is 0 Å². The van der Waals surface area contributed by atoms with E-state index in [9.17, 15) is 9.18 Å². The second-order valence-electron chi connectivity index (χ2n) is 7.06. The molecular formula is C22H28FN3O. The fraction of sp³-hybridized carbons (Fsp3) is 0.409. The molecule has 4 nitrogen and oxygen atoms in total. The van der Waals surface area contributed by atoms with Gasteiger partial charge in [-0.25, -0.2) is 4.39 Å². The summed E-state index contributed by atoms with van der Waals surface area (Å²) in [6.07, 6.45) is 1.00. The lowest BCUT2D eigenvalue weighted by Crippen LogP contribution is -2.49. The predicted molar refractivity (Wildman–Crippen MR) is 108 cm³/mol. The average Bonchev–Trinajstić information content (AvgIpc) is 2.70. The van der Waals surface area contributed by atoms with E-state index < -0.39 is 0 Å². The fourth-order valence-electron chi connectivity index (χ4n) is 3.54. The summed E-state index contributed by atoms with van der Waals surface area (Å²) in [6.45, 7) is 6.62. The first kappa shape index (κ1) is 19.4. The van der Waals surface area contributed by atoms with Crippen molar-refractivity contribution in [1.82, 2.24) is 10.2 Å². The molecule has 0 bridgehead atoms. The number of rotatable bonds is 7. The summed E-state index contributed by atoms with van der Waals surface area (Å²) in [4.78, 5) is 16.8. The molecule has 1 heterocycles. The van der Waals surface area contributed by atoms with Crippen molar-refractivity contribution >= 4 is 11.6 Å². The summed E-state index contributed by atoms with van der Waals surface area (Å²) in [6, 6.07) is 16.9. The van der Waals surface area contributed by atoms with Gasteiger partial charge in [0.1, 0.15) is 5.82 Å². The molecule has 27 heavy (non-hydrogen) atoms. The zero-order valence-electron chi connectivity index (χ0n) is 15.9. The van der Waals surface area contributed by atoms with Crippen LogP contribution in [0.15, 0.2) is 54.6 Å². The number of carbonyl (C=O) groups is 1. The SMILES string of the molecule is CC[C@H](CNC(=O)CN1CCN(c2ccc(F)cc2)CC1)c1ccccc1. The molecule has 3 rings (SSSR count). The van der Waals surface area contributed by atoms with Crippen LogP contribution >= 0.6 is 0 Å². The molecule has 144 valence electrons. The number of hydrogen-bond acceptors (Lipinski definition) is 3. The first-order chi connectivity index (χ1) is 13.2. The maximum Gasteiger partial charge on any atom is 0.234 e. The molecule has 1 atom stereocenters. The molecule has 1 amide bonds. The standard InChI is InChI=1S/C22H28FN3O/c1-2-18(19-6-4-3-5-7-19)16-24-22(27)17-25-12-14-26(15-13-25)21-10-8-20(23)9-11-21/h3-11,18H,2,12-17H2,1H3,(H,24,27)/t18-/m1/s1. The van der Waals surface area contributed by atoms with Gasteiger partial charge in [-0.3, -0.25) is 9.69 Å². The Kier molecular flexibility index (Phi) is 6.82. The minimum atomic E-state index is -0.213. The first-order valence-corrected chi connectivity index (χ1v) is 9.70. The Labute approximate surface area is 161 Å². The van der Waals surface area contributed by atoms with Crippen LogP contribution in [0, 0.1) is 5.82 Å². The number of anilines is 1. The third kappa shape index (κ3) is 5.54. The van der Waals surface area contributed by atoms with Crippen LogP contribution in [-0.4, -0.2) is 50.1 Å². The molecule has 0 aromatic heterocycles. The summed E-state index contributed by atoms with van der Waals surface area (Å²) < 4.78 is 13.1. The molecular weight excluding hydrogens is 341 g/mol. The highest BCUT2D eigenvalue weighted by Gasteiger charge is 2.19. The number of benzene rings is 2. The molecule has 1 fully saturated rings. The number of halogens is 1. The number of piperazine rings is 1. The topological polar surface area (TPSA) is 35.6 Å². The van der Waals surface area contributed by atoms with Gasteiger partial charge >= 0.3 is 0 Å². The van der Waals surface area contributed by atoms with E-state index in [0.717, 1.165) is 38.3 Å². The molecule has 1 aliphatic heterocycles. The fourth-order valence-corrected chi connectivity index (χ4v) is 3.54. The molecule has 0 spiro atoms. The summed E-state index contributed by atoms with van der Waals surface area (Å²) in [5.41, 5.74) is 2.31. The van der Waals surface area contributed by atoms with Crippen LogP contribution in [0.1, 0.15) is 24.8 Å². The van der Waals surface area contributed by atoms with Gasteiger partial charge < -0.3 is 10.2 Å². The Morgan fingerprint density at radius 2 is 1.70 bits per heavy atom. The number of nitrogens with zero attached hydrogens (tertiary/aromatic N) is 2. The zero-order chi connectivity index (χ0) is 19.1. The van der Waals surface area contributed by atoms with Crippen molar-refractivity contribution in [3.8, 4) is 0 Å². The van der Waals surface area contributed by atoms with E-state index in [1.165, 1.54) is 17.7 Å². The van der Waals surface area contributed by atoms with E-state index in [1.807, 2.05) is 30.3 Å². The zero-order valence-corrected chi connectivity index (χ0v) is 15.9. The highest BCUT2D eigenvalue weighted by molar-refractivity contribution is 5.78. The van der Waals surface area contributed by atoms with Crippen LogP contribution in [0.4, 0.5) is 10.1 Å². The quantitative estimate of drug-likeness (QED) is 0.814. The predicted octanol–water partition coefficient (Wildman–Crippen LogP) is 3.26. The Morgan fingerprint density at radius 1 is 1.04 bits per heavy atom. The average molecular weight is 369 g/mol. The summed E-state index contributed by atoms with van der Waals surface area (Å²) >= 11 is 0. The molecule has 1 saturated heterocycles. The van der Waals surface area contributed by atoms with Crippen molar-refractivity contribution in [2.75, 3.05) is 44.2 Å². The summed E-state index contributed by atoms with van der Waals surface area (Å²) in [5.74, 6) is 0.222. The summed E-state index contributed by atoms with van der Waals surface area (Å²) in [7, 11) is 0. The van der Waals surface area contributed by atoms with Gasteiger partial charge in [-0.2, -0.15) is 0 Å². The molecule has 0 unspecified atom stereocenters. The van der Waals surface area contributed by atoms with E-state index in [4.69, 9.17) is 0 Å². The number of carbonyl (C=O) groups excluding carboxylic acids is 1. The number of amides is 1. The van der Waals surface area contributed by atoms with Gasteiger partial charge in [0.25, 0.3) is 0 Å². The lowest BCUT2D eigenvalue weighted by Gasteiger charge is -2.35. The Morgan fingerprint density at radius 3 is 2.33 bits per heavy atom. The maximum absolute atomic E-state index is 13.1.